The number of aromatic hydroxyl groups is 1. The van der Waals surface area contributed by atoms with Crippen LogP contribution in [0, 0.1) is 0 Å². The van der Waals surface area contributed by atoms with Crippen LogP contribution in [-0.4, -0.2) is 54.5 Å². The van der Waals surface area contributed by atoms with Crippen LogP contribution < -0.4 is 25.1 Å². The number of fused-ring (bicyclic) bond motifs is 1. The zero-order valence-corrected chi connectivity index (χ0v) is 17.7. The molecule has 10 heteroatoms. The fraction of sp³-hybridized carbons (Fsp3) is 0.227. The zero-order chi connectivity index (χ0) is 23.4. The summed E-state index contributed by atoms with van der Waals surface area (Å²) in [7, 11) is 4.13. The highest BCUT2D eigenvalue weighted by Crippen LogP contribution is 2.46. The number of pyridine rings is 1. The largest absolute Gasteiger partial charge is 0.506 e. The molecule has 0 radical (unpaired) electrons. The van der Waals surface area contributed by atoms with Gasteiger partial charge in [0.2, 0.25) is 5.75 Å². The summed E-state index contributed by atoms with van der Waals surface area (Å²) in [5.74, 6) is -2.54. The van der Waals surface area contributed by atoms with Crippen LogP contribution >= 0.6 is 0 Å². The van der Waals surface area contributed by atoms with Crippen molar-refractivity contribution in [3.63, 3.8) is 0 Å². The summed E-state index contributed by atoms with van der Waals surface area (Å²) >= 11 is 0. The third-order valence-electron chi connectivity index (χ3n) is 4.84. The van der Waals surface area contributed by atoms with Gasteiger partial charge in [-0.1, -0.05) is 30.3 Å². The molecule has 0 aliphatic rings. The van der Waals surface area contributed by atoms with Gasteiger partial charge in [-0.25, -0.2) is 0 Å². The lowest BCUT2D eigenvalue weighted by molar-refractivity contribution is -0.135. The Morgan fingerprint density at radius 2 is 1.69 bits per heavy atom. The van der Waals surface area contributed by atoms with E-state index in [0.29, 0.717) is 0 Å². The molecular formula is C22H22N2O8. The highest BCUT2D eigenvalue weighted by atomic mass is 16.5. The van der Waals surface area contributed by atoms with Crippen LogP contribution in [0.2, 0.25) is 0 Å². The number of methoxy groups -OCH3 is 3. The second-order valence-electron chi connectivity index (χ2n) is 6.72. The smallest absolute Gasteiger partial charge is 0.322 e. The van der Waals surface area contributed by atoms with Crippen LogP contribution in [0.4, 0.5) is 0 Å². The van der Waals surface area contributed by atoms with Crippen molar-refractivity contribution in [3.8, 4) is 23.0 Å². The Morgan fingerprint density at radius 3 is 2.25 bits per heavy atom. The molecule has 168 valence electrons. The summed E-state index contributed by atoms with van der Waals surface area (Å²) in [6, 6.07) is 10.5. The summed E-state index contributed by atoms with van der Waals surface area (Å²) in [6.07, 6.45) is 0. The highest BCUT2D eigenvalue weighted by Gasteiger charge is 2.28. The van der Waals surface area contributed by atoms with Crippen molar-refractivity contribution in [3.05, 3.63) is 57.9 Å². The molecule has 3 N–H and O–H groups in total. The van der Waals surface area contributed by atoms with Crippen molar-refractivity contribution in [1.29, 1.82) is 0 Å². The van der Waals surface area contributed by atoms with E-state index in [1.54, 1.807) is 24.3 Å². The van der Waals surface area contributed by atoms with Crippen LogP contribution in [0.3, 0.4) is 0 Å². The van der Waals surface area contributed by atoms with Crippen molar-refractivity contribution in [2.24, 2.45) is 0 Å². The molecule has 0 aliphatic carbocycles. The SMILES string of the molecule is COc1cc2c(c(O)c(C(=O)NCC(=O)O)c(=O)n2Cc2ccccc2)c(OC)c1OC. The van der Waals surface area contributed by atoms with Gasteiger partial charge < -0.3 is 34.3 Å². The average Bonchev–Trinajstić information content (AvgIpc) is 2.79. The van der Waals surface area contributed by atoms with E-state index >= 15 is 0 Å². The lowest BCUT2D eigenvalue weighted by Crippen LogP contribution is -2.36. The Labute approximate surface area is 182 Å². The van der Waals surface area contributed by atoms with Gasteiger partial charge in [0.1, 0.15) is 17.9 Å². The number of rotatable bonds is 8. The Bertz CT molecular complexity index is 1230. The lowest BCUT2D eigenvalue weighted by Gasteiger charge is -2.20. The lowest BCUT2D eigenvalue weighted by atomic mass is 10.1. The number of nitrogens with zero attached hydrogens (tertiary/aromatic N) is 1. The van der Waals surface area contributed by atoms with E-state index in [4.69, 9.17) is 19.3 Å². The van der Waals surface area contributed by atoms with Crippen LogP contribution in [0.15, 0.2) is 41.2 Å². The number of aromatic nitrogens is 1. The summed E-state index contributed by atoms with van der Waals surface area (Å²) in [5, 5.41) is 22.0. The van der Waals surface area contributed by atoms with Gasteiger partial charge in [0.25, 0.3) is 11.5 Å². The maximum Gasteiger partial charge on any atom is 0.322 e. The van der Waals surface area contributed by atoms with Crippen molar-refractivity contribution in [2.75, 3.05) is 27.9 Å². The van der Waals surface area contributed by atoms with E-state index in [1.165, 1.54) is 32.0 Å². The van der Waals surface area contributed by atoms with Gasteiger partial charge in [0, 0.05) is 6.07 Å². The molecule has 3 aromatic rings. The van der Waals surface area contributed by atoms with Gasteiger partial charge in [-0.05, 0) is 5.56 Å². The molecule has 0 bridgehead atoms. The molecule has 1 aromatic heterocycles. The molecule has 0 unspecified atom stereocenters. The number of hydrogen-bond acceptors (Lipinski definition) is 7. The van der Waals surface area contributed by atoms with Crippen molar-refractivity contribution >= 4 is 22.8 Å². The number of ether oxygens (including phenoxy) is 3. The summed E-state index contributed by atoms with van der Waals surface area (Å²) in [6.45, 7) is -0.661. The number of hydrogen-bond donors (Lipinski definition) is 3. The topological polar surface area (TPSA) is 136 Å². The molecule has 0 spiro atoms. The third-order valence-corrected chi connectivity index (χ3v) is 4.84. The minimum atomic E-state index is -1.30. The monoisotopic (exact) mass is 442 g/mol. The number of carboxylic acids is 1. The molecule has 2 aromatic carbocycles. The molecule has 32 heavy (non-hydrogen) atoms. The van der Waals surface area contributed by atoms with Gasteiger partial charge in [-0.15, -0.1) is 0 Å². The Balaban J connectivity index is 2.41. The van der Waals surface area contributed by atoms with Crippen LogP contribution in [0.1, 0.15) is 15.9 Å². The fourth-order valence-corrected chi connectivity index (χ4v) is 3.43. The molecule has 1 amide bonds. The van der Waals surface area contributed by atoms with Gasteiger partial charge >= 0.3 is 5.97 Å². The molecule has 0 saturated carbocycles. The summed E-state index contributed by atoms with van der Waals surface area (Å²) in [4.78, 5) is 36.9. The number of carboxylic acid groups (broad SMARTS) is 1. The fourth-order valence-electron chi connectivity index (χ4n) is 3.43. The molecule has 0 atom stereocenters. The molecule has 0 fully saturated rings. The van der Waals surface area contributed by atoms with Crippen LogP contribution in [0.5, 0.6) is 23.0 Å². The van der Waals surface area contributed by atoms with Crippen LogP contribution in [0.25, 0.3) is 10.9 Å². The Morgan fingerprint density at radius 1 is 1.03 bits per heavy atom. The number of nitrogens with one attached hydrogen (secondary N) is 1. The standard InChI is InChI=1S/C22H22N2O8/c1-30-14-9-13-16(20(32-3)19(14)31-2)18(27)17(21(28)23-10-15(25)26)22(29)24(13)11-12-7-5-4-6-8-12/h4-9,27H,10-11H2,1-3H3,(H,23,28)(H,25,26). The van der Waals surface area contributed by atoms with E-state index in [9.17, 15) is 19.5 Å². The van der Waals surface area contributed by atoms with E-state index in [2.05, 4.69) is 5.32 Å². The summed E-state index contributed by atoms with van der Waals surface area (Å²) in [5.41, 5.74) is -0.427. The van der Waals surface area contributed by atoms with Gasteiger partial charge in [-0.3, -0.25) is 14.4 Å². The molecular weight excluding hydrogens is 420 g/mol. The first-order chi connectivity index (χ1) is 15.3. The number of carbonyl (C=O) groups is 2. The maximum absolute atomic E-state index is 13.3. The van der Waals surface area contributed by atoms with Crippen molar-refractivity contribution in [1.82, 2.24) is 9.88 Å². The third kappa shape index (κ3) is 4.02. The first kappa shape index (κ1) is 22.5. The number of aliphatic carboxylic acids is 1. The number of benzene rings is 2. The molecule has 0 saturated heterocycles. The number of carbonyl (C=O) groups excluding carboxylic acids is 1. The Hall–Kier alpha value is -4.21. The van der Waals surface area contributed by atoms with E-state index < -0.39 is 35.3 Å². The predicted molar refractivity (Wildman–Crippen MR) is 115 cm³/mol. The second kappa shape index (κ2) is 9.29. The molecule has 10 nitrogen and oxygen atoms in total. The van der Waals surface area contributed by atoms with Gasteiger partial charge in [-0.2, -0.15) is 0 Å². The van der Waals surface area contributed by atoms with Crippen molar-refractivity contribution in [2.45, 2.75) is 6.54 Å². The number of amides is 1. The maximum atomic E-state index is 13.3. The highest BCUT2D eigenvalue weighted by molar-refractivity contribution is 6.06. The Kier molecular flexibility index (Phi) is 6.53. The molecule has 0 aliphatic heterocycles. The first-order valence-corrected chi connectivity index (χ1v) is 9.46. The van der Waals surface area contributed by atoms with Crippen molar-refractivity contribution < 1.29 is 34.0 Å². The van der Waals surface area contributed by atoms with E-state index in [0.717, 1.165) is 5.56 Å². The summed E-state index contributed by atoms with van der Waals surface area (Å²) < 4.78 is 17.5. The minimum Gasteiger partial charge on any atom is -0.506 e. The van der Waals surface area contributed by atoms with Gasteiger partial charge in [0.05, 0.1) is 38.8 Å². The van der Waals surface area contributed by atoms with E-state index in [-0.39, 0.29) is 34.7 Å². The van der Waals surface area contributed by atoms with Gasteiger partial charge in [0.15, 0.2) is 11.5 Å². The second-order valence-corrected chi connectivity index (χ2v) is 6.72. The minimum absolute atomic E-state index is 0.0427. The molecule has 1 heterocycles. The first-order valence-electron chi connectivity index (χ1n) is 9.46. The average molecular weight is 442 g/mol. The zero-order valence-electron chi connectivity index (χ0n) is 17.7. The van der Waals surface area contributed by atoms with Crippen LogP contribution in [-0.2, 0) is 11.3 Å². The predicted octanol–water partition coefficient (Wildman–Crippen LogP) is 1.60. The van der Waals surface area contributed by atoms with E-state index in [1.807, 2.05) is 6.07 Å². The molecule has 3 rings (SSSR count). The quantitative estimate of drug-likeness (QED) is 0.479. The normalized spacial score (nSPS) is 10.6.